The Kier molecular flexibility index (Phi) is 5.05. The zero-order chi connectivity index (χ0) is 15.6. The zero-order valence-corrected chi connectivity index (χ0v) is 13.6. The topological polar surface area (TPSA) is 78.4 Å². The predicted octanol–water partition coefficient (Wildman–Crippen LogP) is 4.92. The van der Waals surface area contributed by atoms with Crippen molar-refractivity contribution in [2.24, 2.45) is 5.73 Å². The van der Waals surface area contributed by atoms with Crippen molar-refractivity contribution in [1.82, 2.24) is 0 Å². The Labute approximate surface area is 138 Å². The molecule has 0 saturated carbocycles. The number of ether oxygens (including phenoxy) is 1. The number of benzene rings is 2. The van der Waals surface area contributed by atoms with Crippen LogP contribution in [-0.2, 0) is 6.54 Å². The van der Waals surface area contributed by atoms with E-state index in [1.54, 1.807) is 18.2 Å². The van der Waals surface area contributed by atoms with Crippen molar-refractivity contribution in [2.45, 2.75) is 6.54 Å². The molecule has 8 heteroatoms. The molecule has 0 aromatic heterocycles. The fraction of sp³-hybridized carbons (Fsp3) is 0.0769. The van der Waals surface area contributed by atoms with E-state index < -0.39 is 4.92 Å². The second-order valence-electron chi connectivity index (χ2n) is 4.05. The number of nitrogens with two attached hydrogens (primary N) is 1. The molecule has 0 heterocycles. The first kappa shape index (κ1) is 16.0. The molecule has 0 aliphatic heterocycles. The van der Waals surface area contributed by atoms with Gasteiger partial charge in [0.2, 0.25) is 5.75 Å². The van der Waals surface area contributed by atoms with Crippen molar-refractivity contribution in [1.29, 1.82) is 0 Å². The largest absolute Gasteiger partial charge is 0.450 e. The Morgan fingerprint density at radius 2 is 1.90 bits per heavy atom. The van der Waals surface area contributed by atoms with Crippen molar-refractivity contribution in [3.8, 4) is 11.5 Å². The van der Waals surface area contributed by atoms with E-state index in [2.05, 4.69) is 15.9 Å². The average Bonchev–Trinajstić information content (AvgIpc) is 2.42. The molecule has 0 amide bonds. The van der Waals surface area contributed by atoms with E-state index in [9.17, 15) is 10.1 Å². The Morgan fingerprint density at radius 1 is 1.24 bits per heavy atom. The maximum absolute atomic E-state index is 11.0. The lowest BCUT2D eigenvalue weighted by Crippen LogP contribution is -1.98. The minimum atomic E-state index is -0.583. The molecule has 0 saturated heterocycles. The van der Waals surface area contributed by atoms with Gasteiger partial charge in [-0.2, -0.15) is 0 Å². The first-order valence-electron chi connectivity index (χ1n) is 5.72. The summed E-state index contributed by atoms with van der Waals surface area (Å²) in [6, 6.07) is 7.58. The van der Waals surface area contributed by atoms with Gasteiger partial charge >= 0.3 is 5.69 Å². The zero-order valence-electron chi connectivity index (χ0n) is 10.5. The first-order valence-corrected chi connectivity index (χ1v) is 7.27. The maximum atomic E-state index is 11.0. The van der Waals surface area contributed by atoms with Crippen molar-refractivity contribution >= 4 is 44.8 Å². The van der Waals surface area contributed by atoms with Crippen molar-refractivity contribution < 1.29 is 9.66 Å². The standard InChI is InChI=1S/C13H9BrCl2N2O3/c14-9-3-8(2-1-7(9)6-17)21-13-5-11(16)10(15)4-12(13)18(19)20/h1-5H,6,17H2. The van der Waals surface area contributed by atoms with Crippen LogP contribution in [0.1, 0.15) is 5.56 Å². The summed E-state index contributed by atoms with van der Waals surface area (Å²) in [6.07, 6.45) is 0. The van der Waals surface area contributed by atoms with Crippen molar-refractivity contribution in [3.05, 3.63) is 60.5 Å². The SMILES string of the molecule is NCc1ccc(Oc2cc(Cl)c(Cl)cc2[N+](=O)[O-])cc1Br. The highest BCUT2D eigenvalue weighted by atomic mass is 79.9. The monoisotopic (exact) mass is 390 g/mol. The van der Waals surface area contributed by atoms with E-state index in [0.29, 0.717) is 12.3 Å². The normalized spacial score (nSPS) is 10.5. The second kappa shape index (κ2) is 6.62. The molecular formula is C13H9BrCl2N2O3. The van der Waals surface area contributed by atoms with E-state index in [1.165, 1.54) is 6.07 Å². The lowest BCUT2D eigenvalue weighted by atomic mass is 10.2. The summed E-state index contributed by atoms with van der Waals surface area (Å²) in [4.78, 5) is 10.5. The quantitative estimate of drug-likeness (QED) is 0.592. The van der Waals surface area contributed by atoms with Gasteiger partial charge in [0.1, 0.15) is 5.75 Å². The number of nitrogens with zero attached hydrogens (tertiary/aromatic N) is 1. The van der Waals surface area contributed by atoms with Crippen molar-refractivity contribution in [2.75, 3.05) is 0 Å². The molecule has 2 aromatic carbocycles. The summed E-state index contributed by atoms with van der Waals surface area (Å²) in [5.41, 5.74) is 6.20. The smallest absolute Gasteiger partial charge is 0.313 e. The van der Waals surface area contributed by atoms with Gasteiger partial charge < -0.3 is 10.5 Å². The van der Waals surface area contributed by atoms with Gasteiger partial charge in [-0.05, 0) is 17.7 Å². The van der Waals surface area contributed by atoms with Crippen LogP contribution < -0.4 is 10.5 Å². The predicted molar refractivity (Wildman–Crippen MR) is 85.2 cm³/mol. The van der Waals surface area contributed by atoms with Gasteiger partial charge in [0.05, 0.1) is 15.0 Å². The van der Waals surface area contributed by atoms with Crippen LogP contribution in [0.15, 0.2) is 34.8 Å². The fourth-order valence-electron chi connectivity index (χ4n) is 1.63. The van der Waals surface area contributed by atoms with Gasteiger partial charge in [-0.1, -0.05) is 45.2 Å². The summed E-state index contributed by atoms with van der Waals surface area (Å²) in [5.74, 6) is 0.433. The third-order valence-corrected chi connectivity index (χ3v) is 4.13. The molecule has 0 aliphatic rings. The van der Waals surface area contributed by atoms with Gasteiger partial charge in [0, 0.05) is 23.2 Å². The molecule has 2 rings (SSSR count). The van der Waals surface area contributed by atoms with Gasteiger partial charge in [-0.3, -0.25) is 10.1 Å². The highest BCUT2D eigenvalue weighted by Crippen LogP contribution is 2.38. The first-order chi connectivity index (χ1) is 9.92. The van der Waals surface area contributed by atoms with E-state index in [0.717, 1.165) is 16.1 Å². The Hall–Kier alpha value is -1.34. The van der Waals surface area contributed by atoms with E-state index >= 15 is 0 Å². The Bertz CT molecular complexity index is 710. The third kappa shape index (κ3) is 3.65. The lowest BCUT2D eigenvalue weighted by Gasteiger charge is -2.09. The van der Waals surface area contributed by atoms with Crippen LogP contribution in [-0.4, -0.2) is 4.92 Å². The number of hydrogen-bond acceptors (Lipinski definition) is 4. The molecule has 0 spiro atoms. The summed E-state index contributed by atoms with van der Waals surface area (Å²) in [6.45, 7) is 0.369. The molecule has 2 N–H and O–H groups in total. The van der Waals surface area contributed by atoms with Crippen LogP contribution >= 0.6 is 39.1 Å². The number of rotatable bonds is 4. The van der Waals surface area contributed by atoms with Gasteiger partial charge in [0.25, 0.3) is 0 Å². The highest BCUT2D eigenvalue weighted by Gasteiger charge is 2.19. The van der Waals surface area contributed by atoms with Crippen LogP contribution in [0.2, 0.25) is 10.0 Å². The number of nitro groups is 1. The van der Waals surface area contributed by atoms with Gasteiger partial charge in [0.15, 0.2) is 0 Å². The molecule has 5 nitrogen and oxygen atoms in total. The summed E-state index contributed by atoms with van der Waals surface area (Å²) < 4.78 is 6.29. The molecular weight excluding hydrogens is 383 g/mol. The molecule has 110 valence electrons. The fourth-order valence-corrected chi connectivity index (χ4v) is 2.46. The highest BCUT2D eigenvalue weighted by molar-refractivity contribution is 9.10. The minimum Gasteiger partial charge on any atom is -0.450 e. The molecule has 2 aromatic rings. The Morgan fingerprint density at radius 3 is 2.48 bits per heavy atom. The molecule has 0 fully saturated rings. The van der Waals surface area contributed by atoms with Crippen LogP contribution in [0.4, 0.5) is 5.69 Å². The lowest BCUT2D eigenvalue weighted by molar-refractivity contribution is -0.385. The van der Waals surface area contributed by atoms with Crippen LogP contribution in [0.25, 0.3) is 0 Å². The van der Waals surface area contributed by atoms with Crippen LogP contribution in [0.5, 0.6) is 11.5 Å². The molecule has 21 heavy (non-hydrogen) atoms. The van der Waals surface area contributed by atoms with Gasteiger partial charge in [-0.25, -0.2) is 0 Å². The molecule has 0 aliphatic carbocycles. The summed E-state index contributed by atoms with van der Waals surface area (Å²) in [5, 5.41) is 11.3. The van der Waals surface area contributed by atoms with Crippen molar-refractivity contribution in [3.63, 3.8) is 0 Å². The molecule has 0 atom stereocenters. The summed E-state index contributed by atoms with van der Waals surface area (Å²) >= 11 is 15.0. The van der Waals surface area contributed by atoms with Gasteiger partial charge in [-0.15, -0.1) is 0 Å². The summed E-state index contributed by atoms with van der Waals surface area (Å²) in [7, 11) is 0. The molecule has 0 radical (unpaired) electrons. The number of nitro benzene ring substituents is 1. The Balaban J connectivity index is 2.41. The van der Waals surface area contributed by atoms with E-state index in [1.807, 2.05) is 0 Å². The number of hydrogen-bond donors (Lipinski definition) is 1. The number of halogens is 3. The maximum Gasteiger partial charge on any atom is 0.313 e. The van der Waals surface area contributed by atoms with E-state index in [-0.39, 0.29) is 21.5 Å². The van der Waals surface area contributed by atoms with E-state index in [4.69, 9.17) is 33.7 Å². The molecule has 0 bridgehead atoms. The average molecular weight is 392 g/mol. The molecule has 0 unspecified atom stereocenters. The van der Waals surface area contributed by atoms with Crippen LogP contribution in [0, 0.1) is 10.1 Å². The third-order valence-electron chi connectivity index (χ3n) is 2.67. The second-order valence-corrected chi connectivity index (χ2v) is 5.72. The minimum absolute atomic E-state index is 0.0156. The van der Waals surface area contributed by atoms with Crippen LogP contribution in [0.3, 0.4) is 0 Å².